The molecule has 1 aromatic carbocycles. The number of primary amides is 1. The summed E-state index contributed by atoms with van der Waals surface area (Å²) in [6, 6.07) is 4.53. The van der Waals surface area contributed by atoms with Gasteiger partial charge in [0.1, 0.15) is 0 Å². The van der Waals surface area contributed by atoms with Crippen molar-refractivity contribution >= 4 is 35.1 Å². The summed E-state index contributed by atoms with van der Waals surface area (Å²) < 4.78 is 0. The standard InChI is InChI=1S/C7H5Cl2NO.C6H10O2/c8-4-1-2-5(7(10)11)6(9)3-4;7-6(8)4-3-5-1-2-5/h1-3H,(H2,10,11);5H,1-4H2,(H,7,8). The Labute approximate surface area is 121 Å². The minimum Gasteiger partial charge on any atom is -0.481 e. The summed E-state index contributed by atoms with van der Waals surface area (Å²) in [4.78, 5) is 20.6. The van der Waals surface area contributed by atoms with Crippen LogP contribution < -0.4 is 5.73 Å². The fourth-order valence-electron chi connectivity index (χ4n) is 1.42. The maximum Gasteiger partial charge on any atom is 0.303 e. The van der Waals surface area contributed by atoms with Gasteiger partial charge in [-0.2, -0.15) is 0 Å². The molecule has 19 heavy (non-hydrogen) atoms. The monoisotopic (exact) mass is 303 g/mol. The summed E-state index contributed by atoms with van der Waals surface area (Å²) in [6.45, 7) is 0. The lowest BCUT2D eigenvalue weighted by Crippen LogP contribution is -2.11. The third-order valence-corrected chi connectivity index (χ3v) is 3.21. The van der Waals surface area contributed by atoms with E-state index in [4.69, 9.17) is 34.0 Å². The molecule has 0 bridgehead atoms. The number of aliphatic carboxylic acids is 1. The molecular weight excluding hydrogens is 289 g/mol. The fourth-order valence-corrected chi connectivity index (χ4v) is 1.93. The highest BCUT2D eigenvalue weighted by Gasteiger charge is 2.21. The van der Waals surface area contributed by atoms with Gasteiger partial charge in [0, 0.05) is 11.4 Å². The lowest BCUT2D eigenvalue weighted by atomic mass is 10.2. The normalized spacial score (nSPS) is 13.4. The van der Waals surface area contributed by atoms with Crippen molar-refractivity contribution < 1.29 is 14.7 Å². The number of carboxylic acids is 1. The van der Waals surface area contributed by atoms with Gasteiger partial charge in [0.2, 0.25) is 5.91 Å². The maximum atomic E-state index is 10.6. The molecule has 1 saturated carbocycles. The Morgan fingerprint density at radius 1 is 1.32 bits per heavy atom. The molecule has 0 spiro atoms. The van der Waals surface area contributed by atoms with E-state index in [-0.39, 0.29) is 10.6 Å². The zero-order chi connectivity index (χ0) is 14.4. The van der Waals surface area contributed by atoms with E-state index in [9.17, 15) is 9.59 Å². The van der Waals surface area contributed by atoms with Crippen LogP contribution in [0.2, 0.25) is 10.0 Å². The Morgan fingerprint density at radius 3 is 2.37 bits per heavy atom. The Hall–Kier alpha value is -1.26. The minimum absolute atomic E-state index is 0.282. The van der Waals surface area contributed by atoms with Crippen LogP contribution >= 0.6 is 23.2 Å². The number of amides is 1. The van der Waals surface area contributed by atoms with Gasteiger partial charge < -0.3 is 10.8 Å². The van der Waals surface area contributed by atoms with E-state index in [0.29, 0.717) is 11.4 Å². The molecule has 6 heteroatoms. The summed E-state index contributed by atoms with van der Waals surface area (Å²) in [6.07, 6.45) is 3.78. The van der Waals surface area contributed by atoms with Crippen LogP contribution in [0.4, 0.5) is 0 Å². The molecule has 1 aliphatic rings. The van der Waals surface area contributed by atoms with Gasteiger partial charge in [0.15, 0.2) is 0 Å². The fraction of sp³-hybridized carbons (Fsp3) is 0.385. The van der Waals surface area contributed by atoms with Crippen molar-refractivity contribution in [2.24, 2.45) is 11.7 Å². The molecular formula is C13H15Cl2NO3. The molecule has 0 saturated heterocycles. The quantitative estimate of drug-likeness (QED) is 0.895. The highest BCUT2D eigenvalue weighted by Crippen LogP contribution is 2.33. The third kappa shape index (κ3) is 6.45. The van der Waals surface area contributed by atoms with Gasteiger partial charge >= 0.3 is 5.97 Å². The Morgan fingerprint density at radius 2 is 1.95 bits per heavy atom. The van der Waals surface area contributed by atoms with Crippen molar-refractivity contribution in [2.75, 3.05) is 0 Å². The van der Waals surface area contributed by atoms with Gasteiger partial charge in [-0.05, 0) is 30.5 Å². The molecule has 0 unspecified atom stereocenters. The number of carbonyl (C=O) groups is 2. The average molecular weight is 304 g/mol. The zero-order valence-corrected chi connectivity index (χ0v) is 11.7. The van der Waals surface area contributed by atoms with Crippen molar-refractivity contribution in [1.82, 2.24) is 0 Å². The van der Waals surface area contributed by atoms with Crippen molar-refractivity contribution in [3.63, 3.8) is 0 Å². The second kappa shape index (κ2) is 7.36. The Balaban J connectivity index is 0.000000200. The highest BCUT2D eigenvalue weighted by atomic mass is 35.5. The van der Waals surface area contributed by atoms with Gasteiger partial charge in [-0.3, -0.25) is 9.59 Å². The Kier molecular flexibility index (Phi) is 6.12. The predicted octanol–water partition coefficient (Wildman–Crippen LogP) is 3.35. The minimum atomic E-state index is -0.656. The highest BCUT2D eigenvalue weighted by molar-refractivity contribution is 6.36. The van der Waals surface area contributed by atoms with Crippen LogP contribution in [0.1, 0.15) is 36.0 Å². The van der Waals surface area contributed by atoms with E-state index in [0.717, 1.165) is 12.3 Å². The van der Waals surface area contributed by atoms with E-state index >= 15 is 0 Å². The summed E-state index contributed by atoms with van der Waals surface area (Å²) >= 11 is 11.2. The number of nitrogens with two attached hydrogens (primary N) is 1. The van der Waals surface area contributed by atoms with Gasteiger partial charge in [0.25, 0.3) is 0 Å². The van der Waals surface area contributed by atoms with Crippen molar-refractivity contribution in [2.45, 2.75) is 25.7 Å². The van der Waals surface area contributed by atoms with Crippen LogP contribution in [-0.2, 0) is 4.79 Å². The summed E-state index contributed by atoms with van der Waals surface area (Å²) in [5, 5.41) is 8.96. The van der Waals surface area contributed by atoms with Crippen LogP contribution in [0.15, 0.2) is 18.2 Å². The topological polar surface area (TPSA) is 80.4 Å². The number of hydrogen-bond donors (Lipinski definition) is 2. The largest absolute Gasteiger partial charge is 0.481 e. The van der Waals surface area contributed by atoms with Crippen LogP contribution in [0.5, 0.6) is 0 Å². The maximum absolute atomic E-state index is 10.6. The van der Waals surface area contributed by atoms with E-state index in [1.165, 1.54) is 25.0 Å². The van der Waals surface area contributed by atoms with Crippen LogP contribution in [0.3, 0.4) is 0 Å². The van der Waals surface area contributed by atoms with E-state index in [1.807, 2.05) is 0 Å². The van der Waals surface area contributed by atoms with Gasteiger partial charge in [-0.15, -0.1) is 0 Å². The van der Waals surface area contributed by atoms with Crippen molar-refractivity contribution in [3.8, 4) is 0 Å². The van der Waals surface area contributed by atoms with E-state index in [1.54, 1.807) is 6.07 Å². The van der Waals surface area contributed by atoms with Crippen molar-refractivity contribution in [1.29, 1.82) is 0 Å². The van der Waals surface area contributed by atoms with Gasteiger partial charge in [-0.25, -0.2) is 0 Å². The lowest BCUT2D eigenvalue weighted by molar-refractivity contribution is -0.137. The molecule has 2 rings (SSSR count). The zero-order valence-electron chi connectivity index (χ0n) is 10.2. The first-order valence-electron chi connectivity index (χ1n) is 5.86. The number of halogens is 2. The molecule has 1 fully saturated rings. The summed E-state index contributed by atoms with van der Waals surface area (Å²) in [5.74, 6) is -0.449. The molecule has 1 amide bonds. The number of carboxylic acid groups (broad SMARTS) is 1. The summed E-state index contributed by atoms with van der Waals surface area (Å²) in [7, 11) is 0. The Bertz CT molecular complexity index is 473. The van der Waals surface area contributed by atoms with Crippen LogP contribution in [0.25, 0.3) is 0 Å². The number of rotatable bonds is 4. The second-order valence-corrected chi connectivity index (χ2v) is 5.21. The first-order valence-corrected chi connectivity index (χ1v) is 6.62. The van der Waals surface area contributed by atoms with Gasteiger partial charge in [-0.1, -0.05) is 36.0 Å². The molecule has 0 aromatic heterocycles. The SMILES string of the molecule is NC(=O)c1ccc(Cl)cc1Cl.O=C(O)CCC1CC1. The van der Waals surface area contributed by atoms with Crippen LogP contribution in [0, 0.1) is 5.92 Å². The molecule has 1 aliphatic carbocycles. The molecule has 1 aromatic rings. The number of carbonyl (C=O) groups excluding carboxylic acids is 1. The summed E-state index contributed by atoms with van der Waals surface area (Å²) in [5.41, 5.74) is 5.29. The molecule has 4 nitrogen and oxygen atoms in total. The lowest BCUT2D eigenvalue weighted by Gasteiger charge is -1.97. The average Bonchev–Trinajstić information content (AvgIpc) is 3.10. The van der Waals surface area contributed by atoms with E-state index < -0.39 is 11.9 Å². The van der Waals surface area contributed by atoms with E-state index in [2.05, 4.69) is 0 Å². The molecule has 3 N–H and O–H groups in total. The molecule has 0 aliphatic heterocycles. The predicted molar refractivity (Wildman–Crippen MR) is 74.6 cm³/mol. The molecule has 104 valence electrons. The van der Waals surface area contributed by atoms with Gasteiger partial charge in [0.05, 0.1) is 10.6 Å². The molecule has 0 radical (unpaired) electrons. The first kappa shape index (κ1) is 15.8. The number of hydrogen-bond acceptors (Lipinski definition) is 2. The van der Waals surface area contributed by atoms with Crippen LogP contribution in [-0.4, -0.2) is 17.0 Å². The molecule has 0 atom stereocenters. The first-order chi connectivity index (χ1) is 8.90. The second-order valence-electron chi connectivity index (χ2n) is 4.36. The number of benzene rings is 1. The third-order valence-electron chi connectivity index (χ3n) is 2.66. The molecule has 0 heterocycles. The van der Waals surface area contributed by atoms with Crippen molar-refractivity contribution in [3.05, 3.63) is 33.8 Å². The smallest absolute Gasteiger partial charge is 0.303 e.